The molecule has 1 N–H and O–H groups in total. The molecule has 0 aromatic heterocycles. The van der Waals surface area contributed by atoms with Gasteiger partial charge < -0.3 is 10.2 Å². The summed E-state index contributed by atoms with van der Waals surface area (Å²) in [5.74, 6) is 2.46. The van der Waals surface area contributed by atoms with Crippen molar-refractivity contribution in [3.8, 4) is 12.3 Å². The molecule has 0 fully saturated rings. The molecule has 0 saturated carbocycles. The van der Waals surface area contributed by atoms with Crippen LogP contribution >= 0.6 is 0 Å². The summed E-state index contributed by atoms with van der Waals surface area (Å²) in [4.78, 5) is 12.9. The van der Waals surface area contributed by atoms with E-state index in [0.717, 1.165) is 13.1 Å². The second-order valence-corrected chi connectivity index (χ2v) is 2.36. The van der Waals surface area contributed by atoms with Crippen molar-refractivity contribution < 1.29 is 4.79 Å². The summed E-state index contributed by atoms with van der Waals surface area (Å²) in [6.45, 7) is 5.93. The monoisotopic (exact) mass is 168 g/mol. The summed E-state index contributed by atoms with van der Waals surface area (Å²) in [7, 11) is 0. The highest BCUT2D eigenvalue weighted by molar-refractivity contribution is 5.74. The summed E-state index contributed by atoms with van der Waals surface area (Å²) in [5.41, 5.74) is 0. The Balaban J connectivity index is 3.63. The first-order chi connectivity index (χ1) is 5.76. The number of terminal acetylenes is 1. The maximum atomic E-state index is 11.2. The van der Waals surface area contributed by atoms with E-state index in [1.807, 2.05) is 13.8 Å². The lowest BCUT2D eigenvalue weighted by atomic mass is 10.4. The molecule has 3 heteroatoms. The van der Waals surface area contributed by atoms with Crippen molar-refractivity contribution in [2.75, 3.05) is 19.6 Å². The molecule has 0 saturated heterocycles. The zero-order valence-corrected chi connectivity index (χ0v) is 7.76. The van der Waals surface area contributed by atoms with Gasteiger partial charge in [-0.3, -0.25) is 0 Å². The molecule has 2 amide bonds. The van der Waals surface area contributed by atoms with E-state index in [0.29, 0.717) is 13.0 Å². The molecule has 0 atom stereocenters. The third kappa shape index (κ3) is 3.87. The number of hydrogen-bond acceptors (Lipinski definition) is 1. The first-order valence-electron chi connectivity index (χ1n) is 4.22. The van der Waals surface area contributed by atoms with Gasteiger partial charge in [0.15, 0.2) is 0 Å². The Morgan fingerprint density at radius 1 is 1.50 bits per heavy atom. The van der Waals surface area contributed by atoms with Crippen molar-refractivity contribution >= 4 is 6.03 Å². The second kappa shape index (κ2) is 6.53. The van der Waals surface area contributed by atoms with E-state index in [9.17, 15) is 4.79 Å². The van der Waals surface area contributed by atoms with Crippen LogP contribution in [0.4, 0.5) is 4.79 Å². The molecule has 0 aromatic rings. The topological polar surface area (TPSA) is 32.3 Å². The van der Waals surface area contributed by atoms with Crippen LogP contribution in [-0.4, -0.2) is 30.6 Å². The Hall–Kier alpha value is -1.17. The van der Waals surface area contributed by atoms with Crippen molar-refractivity contribution in [1.29, 1.82) is 0 Å². The van der Waals surface area contributed by atoms with Crippen LogP contribution in [-0.2, 0) is 0 Å². The van der Waals surface area contributed by atoms with Crippen LogP contribution < -0.4 is 5.32 Å². The molecule has 0 radical (unpaired) electrons. The lowest BCUT2D eigenvalue weighted by Crippen LogP contribution is -2.39. The van der Waals surface area contributed by atoms with Gasteiger partial charge in [0.1, 0.15) is 0 Å². The molecule has 0 rings (SSSR count). The van der Waals surface area contributed by atoms with Crippen molar-refractivity contribution in [1.82, 2.24) is 10.2 Å². The normalized spacial score (nSPS) is 8.75. The zero-order chi connectivity index (χ0) is 9.40. The fourth-order valence-corrected chi connectivity index (χ4v) is 0.864. The molecule has 0 aliphatic rings. The quantitative estimate of drug-likeness (QED) is 0.494. The number of nitrogens with zero attached hydrogens (tertiary/aromatic N) is 1. The fourth-order valence-electron chi connectivity index (χ4n) is 0.864. The predicted molar refractivity (Wildman–Crippen MR) is 49.8 cm³/mol. The predicted octanol–water partition coefficient (Wildman–Crippen LogP) is 1.06. The van der Waals surface area contributed by atoms with E-state index in [1.165, 1.54) is 0 Å². The van der Waals surface area contributed by atoms with Gasteiger partial charge in [-0.05, 0) is 13.8 Å². The van der Waals surface area contributed by atoms with Crippen LogP contribution in [0.2, 0.25) is 0 Å². The lowest BCUT2D eigenvalue weighted by Gasteiger charge is -2.18. The summed E-state index contributed by atoms with van der Waals surface area (Å²) in [6, 6.07) is -0.0322. The minimum Gasteiger partial charge on any atom is -0.337 e. The van der Waals surface area contributed by atoms with Crippen LogP contribution in [0.3, 0.4) is 0 Å². The molecular formula is C9H16N2O. The van der Waals surface area contributed by atoms with Gasteiger partial charge in [0.05, 0.1) is 0 Å². The molecule has 68 valence electrons. The van der Waals surface area contributed by atoms with Gasteiger partial charge in [0.25, 0.3) is 0 Å². The first kappa shape index (κ1) is 10.8. The van der Waals surface area contributed by atoms with Gasteiger partial charge in [0, 0.05) is 26.1 Å². The number of amides is 2. The molecule has 3 nitrogen and oxygen atoms in total. The Morgan fingerprint density at radius 3 is 2.50 bits per heavy atom. The SMILES string of the molecule is C#CCCNC(=O)N(CC)CC. The molecule has 0 heterocycles. The number of nitrogens with one attached hydrogen (secondary N) is 1. The number of hydrogen-bond donors (Lipinski definition) is 1. The summed E-state index contributed by atoms with van der Waals surface area (Å²) < 4.78 is 0. The van der Waals surface area contributed by atoms with Gasteiger partial charge in [-0.1, -0.05) is 0 Å². The highest BCUT2D eigenvalue weighted by atomic mass is 16.2. The second-order valence-electron chi connectivity index (χ2n) is 2.36. The summed E-state index contributed by atoms with van der Waals surface area (Å²) in [5, 5.41) is 2.73. The number of urea groups is 1. The Kier molecular flexibility index (Phi) is 5.90. The highest BCUT2D eigenvalue weighted by Gasteiger charge is 2.06. The van der Waals surface area contributed by atoms with Gasteiger partial charge in [0.2, 0.25) is 0 Å². The standard InChI is InChI=1S/C9H16N2O/c1-4-7-8-10-9(12)11(5-2)6-3/h1H,5-8H2,2-3H3,(H,10,12). The van der Waals surface area contributed by atoms with Gasteiger partial charge >= 0.3 is 6.03 Å². The van der Waals surface area contributed by atoms with E-state index < -0.39 is 0 Å². The third-order valence-corrected chi connectivity index (χ3v) is 1.60. The van der Waals surface area contributed by atoms with Crippen molar-refractivity contribution in [2.24, 2.45) is 0 Å². The van der Waals surface area contributed by atoms with Crippen molar-refractivity contribution in [2.45, 2.75) is 20.3 Å². The van der Waals surface area contributed by atoms with Crippen LogP contribution in [0.25, 0.3) is 0 Å². The molecular weight excluding hydrogens is 152 g/mol. The van der Waals surface area contributed by atoms with E-state index in [2.05, 4.69) is 11.2 Å². The first-order valence-corrected chi connectivity index (χ1v) is 4.22. The molecule has 0 aliphatic carbocycles. The van der Waals surface area contributed by atoms with E-state index in [4.69, 9.17) is 6.42 Å². The maximum absolute atomic E-state index is 11.2. The average Bonchev–Trinajstić information content (AvgIpc) is 2.07. The van der Waals surface area contributed by atoms with E-state index in [1.54, 1.807) is 4.90 Å². The number of rotatable bonds is 4. The number of carbonyl (C=O) groups is 1. The minimum absolute atomic E-state index is 0.0322. The largest absolute Gasteiger partial charge is 0.337 e. The highest BCUT2D eigenvalue weighted by Crippen LogP contribution is 1.87. The lowest BCUT2D eigenvalue weighted by molar-refractivity contribution is 0.203. The maximum Gasteiger partial charge on any atom is 0.317 e. The van der Waals surface area contributed by atoms with Gasteiger partial charge in [-0.2, -0.15) is 0 Å². The van der Waals surface area contributed by atoms with Crippen LogP contribution in [0, 0.1) is 12.3 Å². The van der Waals surface area contributed by atoms with Gasteiger partial charge in [-0.15, -0.1) is 12.3 Å². The molecule has 12 heavy (non-hydrogen) atoms. The minimum atomic E-state index is -0.0322. The molecule has 0 unspecified atom stereocenters. The number of carbonyl (C=O) groups excluding carboxylic acids is 1. The Morgan fingerprint density at radius 2 is 2.08 bits per heavy atom. The van der Waals surface area contributed by atoms with E-state index in [-0.39, 0.29) is 6.03 Å². The van der Waals surface area contributed by atoms with Crippen molar-refractivity contribution in [3.63, 3.8) is 0 Å². The molecule has 0 aromatic carbocycles. The van der Waals surface area contributed by atoms with Crippen molar-refractivity contribution in [3.05, 3.63) is 0 Å². The fraction of sp³-hybridized carbons (Fsp3) is 0.667. The summed E-state index contributed by atoms with van der Waals surface area (Å²) in [6.07, 6.45) is 5.63. The van der Waals surface area contributed by atoms with E-state index >= 15 is 0 Å². The Bertz CT molecular complexity index is 168. The molecule has 0 aliphatic heterocycles. The average molecular weight is 168 g/mol. The van der Waals surface area contributed by atoms with Crippen LogP contribution in [0.5, 0.6) is 0 Å². The molecule has 0 spiro atoms. The zero-order valence-electron chi connectivity index (χ0n) is 7.76. The Labute approximate surface area is 74.1 Å². The molecule has 0 bridgehead atoms. The third-order valence-electron chi connectivity index (χ3n) is 1.60. The van der Waals surface area contributed by atoms with Crippen LogP contribution in [0.15, 0.2) is 0 Å². The van der Waals surface area contributed by atoms with Gasteiger partial charge in [-0.25, -0.2) is 4.79 Å². The smallest absolute Gasteiger partial charge is 0.317 e. The summed E-state index contributed by atoms with van der Waals surface area (Å²) >= 11 is 0. The van der Waals surface area contributed by atoms with Crippen LogP contribution in [0.1, 0.15) is 20.3 Å².